The summed E-state index contributed by atoms with van der Waals surface area (Å²) in [6.45, 7) is 4.10. The van der Waals surface area contributed by atoms with Gasteiger partial charge >= 0.3 is 0 Å². The predicted molar refractivity (Wildman–Crippen MR) is 115 cm³/mol. The van der Waals surface area contributed by atoms with Crippen molar-refractivity contribution in [3.05, 3.63) is 77.4 Å². The summed E-state index contributed by atoms with van der Waals surface area (Å²) < 4.78 is 0. The third kappa shape index (κ3) is 5.88. The van der Waals surface area contributed by atoms with Crippen LogP contribution in [0.4, 0.5) is 5.69 Å². The van der Waals surface area contributed by atoms with Crippen LogP contribution in [0.5, 0.6) is 0 Å². The van der Waals surface area contributed by atoms with Crippen LogP contribution >= 0.6 is 0 Å². The molecule has 1 saturated heterocycles. The Kier molecular flexibility index (Phi) is 6.94. The highest BCUT2D eigenvalue weighted by Gasteiger charge is 2.14. The molecule has 1 aliphatic heterocycles. The van der Waals surface area contributed by atoms with Gasteiger partial charge in [-0.1, -0.05) is 30.3 Å². The van der Waals surface area contributed by atoms with Crippen LogP contribution in [0.2, 0.25) is 0 Å². The fraction of sp³-hybridized carbons (Fsp3) is 0.217. The van der Waals surface area contributed by atoms with E-state index < -0.39 is 5.91 Å². The van der Waals surface area contributed by atoms with Crippen LogP contribution in [-0.4, -0.2) is 55.0 Å². The third-order valence-electron chi connectivity index (χ3n) is 4.92. The summed E-state index contributed by atoms with van der Waals surface area (Å²) in [5.41, 5.74) is 5.05. The van der Waals surface area contributed by atoms with Crippen molar-refractivity contribution in [3.8, 4) is 0 Å². The molecule has 2 aromatic carbocycles. The molecule has 29 heavy (non-hydrogen) atoms. The van der Waals surface area contributed by atoms with Gasteiger partial charge in [0, 0.05) is 43.5 Å². The second kappa shape index (κ2) is 9.82. The number of carbonyl (C=O) groups is 2. The van der Waals surface area contributed by atoms with Gasteiger partial charge in [-0.25, -0.2) is 5.48 Å². The number of anilines is 1. The molecule has 0 radical (unpaired) electrons. The highest BCUT2D eigenvalue weighted by Crippen LogP contribution is 2.18. The van der Waals surface area contributed by atoms with E-state index >= 15 is 0 Å². The summed E-state index contributed by atoms with van der Waals surface area (Å²) in [5.74, 6) is -0.628. The van der Waals surface area contributed by atoms with Crippen molar-refractivity contribution < 1.29 is 14.8 Å². The normalized spacial score (nSPS) is 15.2. The second-order valence-electron chi connectivity index (χ2n) is 7.01. The van der Waals surface area contributed by atoms with E-state index in [2.05, 4.69) is 16.8 Å². The summed E-state index contributed by atoms with van der Waals surface area (Å²) in [6.07, 6.45) is 6.16. The fourth-order valence-electron chi connectivity index (χ4n) is 3.10. The average molecular weight is 391 g/mol. The highest BCUT2D eigenvalue weighted by atomic mass is 16.5. The van der Waals surface area contributed by atoms with Crippen molar-refractivity contribution in [2.75, 3.05) is 38.1 Å². The number of hydrogen-bond donors (Lipinski definition) is 2. The minimum absolute atomic E-state index is 0.0430. The standard InChI is InChI=1S/C23H25N3O3/c1-25-14-16-26(17-15-25)21-10-8-20(9-11-21)22(27)12-6-18-2-4-19(5-3-18)7-13-23(28)24-29/h2-13,29H,14-17H2,1H3,(H,24,28)/b12-6+,13-7+. The van der Waals surface area contributed by atoms with E-state index in [1.807, 2.05) is 48.5 Å². The Morgan fingerprint density at radius 2 is 1.41 bits per heavy atom. The van der Waals surface area contributed by atoms with Gasteiger partial charge in [-0.05, 0) is 54.6 Å². The van der Waals surface area contributed by atoms with Crippen LogP contribution in [0, 0.1) is 0 Å². The summed E-state index contributed by atoms with van der Waals surface area (Å²) in [5, 5.41) is 8.47. The smallest absolute Gasteiger partial charge is 0.267 e. The third-order valence-corrected chi connectivity index (χ3v) is 4.92. The number of nitrogens with one attached hydrogen (secondary N) is 1. The molecule has 2 N–H and O–H groups in total. The van der Waals surface area contributed by atoms with Crippen LogP contribution in [0.3, 0.4) is 0 Å². The molecule has 1 fully saturated rings. The van der Waals surface area contributed by atoms with Gasteiger partial charge in [0.05, 0.1) is 0 Å². The molecule has 0 spiro atoms. The Hall–Kier alpha value is -3.22. The van der Waals surface area contributed by atoms with Gasteiger partial charge < -0.3 is 9.80 Å². The Morgan fingerprint density at radius 1 is 0.862 bits per heavy atom. The van der Waals surface area contributed by atoms with Crippen molar-refractivity contribution in [1.29, 1.82) is 0 Å². The Labute approximate surface area is 170 Å². The largest absolute Gasteiger partial charge is 0.369 e. The lowest BCUT2D eigenvalue weighted by Crippen LogP contribution is -2.44. The van der Waals surface area contributed by atoms with Crippen molar-refractivity contribution in [2.45, 2.75) is 0 Å². The number of hydroxylamine groups is 1. The van der Waals surface area contributed by atoms with E-state index in [4.69, 9.17) is 5.21 Å². The number of allylic oxidation sites excluding steroid dienone is 1. The van der Waals surface area contributed by atoms with Gasteiger partial charge in [-0.15, -0.1) is 0 Å². The maximum Gasteiger partial charge on any atom is 0.267 e. The van der Waals surface area contributed by atoms with Crippen LogP contribution in [-0.2, 0) is 4.79 Å². The first kappa shape index (κ1) is 20.5. The number of carbonyl (C=O) groups excluding carboxylic acids is 2. The summed E-state index contributed by atoms with van der Waals surface area (Å²) in [6, 6.07) is 15.1. The van der Waals surface area contributed by atoms with Gasteiger partial charge in [0.25, 0.3) is 5.91 Å². The molecule has 1 heterocycles. The first-order chi connectivity index (χ1) is 14.0. The molecule has 150 valence electrons. The maximum absolute atomic E-state index is 12.4. The van der Waals surface area contributed by atoms with E-state index in [0.29, 0.717) is 5.56 Å². The minimum atomic E-state index is -0.585. The second-order valence-corrected chi connectivity index (χ2v) is 7.01. The van der Waals surface area contributed by atoms with E-state index in [1.54, 1.807) is 18.2 Å². The number of amides is 1. The van der Waals surface area contributed by atoms with E-state index in [-0.39, 0.29) is 5.78 Å². The van der Waals surface area contributed by atoms with Crippen molar-refractivity contribution in [1.82, 2.24) is 10.4 Å². The quantitative estimate of drug-likeness (QED) is 0.343. The first-order valence-corrected chi connectivity index (χ1v) is 9.53. The van der Waals surface area contributed by atoms with Gasteiger partial charge in [0.15, 0.2) is 5.78 Å². The number of rotatable bonds is 6. The van der Waals surface area contributed by atoms with E-state index in [0.717, 1.165) is 43.0 Å². The number of ketones is 1. The molecule has 0 bridgehead atoms. The SMILES string of the molecule is CN1CCN(c2ccc(C(=O)/C=C/c3ccc(/C=C/C(=O)NO)cc3)cc2)CC1. The van der Waals surface area contributed by atoms with Crippen molar-refractivity contribution in [2.24, 2.45) is 0 Å². The first-order valence-electron chi connectivity index (χ1n) is 9.53. The molecular formula is C23H25N3O3. The maximum atomic E-state index is 12.4. The topological polar surface area (TPSA) is 72.9 Å². The summed E-state index contributed by atoms with van der Waals surface area (Å²) >= 11 is 0. The summed E-state index contributed by atoms with van der Waals surface area (Å²) in [4.78, 5) is 28.1. The zero-order valence-corrected chi connectivity index (χ0v) is 16.4. The van der Waals surface area contributed by atoms with Gasteiger partial charge in [-0.3, -0.25) is 14.8 Å². The molecule has 0 unspecified atom stereocenters. The van der Waals surface area contributed by atoms with Gasteiger partial charge in [0.2, 0.25) is 0 Å². The molecule has 6 heteroatoms. The molecule has 3 rings (SSSR count). The lowest BCUT2D eigenvalue weighted by molar-refractivity contribution is -0.124. The lowest BCUT2D eigenvalue weighted by atomic mass is 10.1. The van der Waals surface area contributed by atoms with Crippen LogP contribution in [0.25, 0.3) is 12.2 Å². The van der Waals surface area contributed by atoms with Crippen LogP contribution in [0.15, 0.2) is 60.7 Å². The van der Waals surface area contributed by atoms with Crippen molar-refractivity contribution in [3.63, 3.8) is 0 Å². The molecule has 1 amide bonds. The fourth-order valence-corrected chi connectivity index (χ4v) is 3.10. The molecular weight excluding hydrogens is 366 g/mol. The molecule has 6 nitrogen and oxygen atoms in total. The Bertz CT molecular complexity index is 894. The zero-order chi connectivity index (χ0) is 20.6. The van der Waals surface area contributed by atoms with Crippen molar-refractivity contribution >= 4 is 29.5 Å². The molecule has 0 aromatic heterocycles. The highest BCUT2D eigenvalue weighted by molar-refractivity contribution is 6.07. The molecule has 2 aromatic rings. The van der Waals surface area contributed by atoms with Gasteiger partial charge in [-0.2, -0.15) is 0 Å². The minimum Gasteiger partial charge on any atom is -0.369 e. The van der Waals surface area contributed by atoms with E-state index in [1.165, 1.54) is 11.6 Å². The lowest BCUT2D eigenvalue weighted by Gasteiger charge is -2.34. The Balaban J connectivity index is 1.58. The zero-order valence-electron chi connectivity index (χ0n) is 16.4. The monoisotopic (exact) mass is 391 g/mol. The molecule has 0 aliphatic carbocycles. The predicted octanol–water partition coefficient (Wildman–Crippen LogP) is 2.85. The van der Waals surface area contributed by atoms with Gasteiger partial charge in [0.1, 0.15) is 0 Å². The molecule has 1 aliphatic rings. The number of piperazine rings is 1. The number of nitrogens with zero attached hydrogens (tertiary/aromatic N) is 2. The summed E-state index contributed by atoms with van der Waals surface area (Å²) in [7, 11) is 2.13. The number of hydrogen-bond acceptors (Lipinski definition) is 5. The molecule has 0 saturated carbocycles. The van der Waals surface area contributed by atoms with Crippen LogP contribution in [0.1, 0.15) is 21.5 Å². The Morgan fingerprint density at radius 3 is 1.97 bits per heavy atom. The number of likely N-dealkylation sites (N-methyl/N-ethyl adjacent to an activating group) is 1. The number of benzene rings is 2. The van der Waals surface area contributed by atoms with Crippen LogP contribution < -0.4 is 10.4 Å². The van der Waals surface area contributed by atoms with E-state index in [9.17, 15) is 9.59 Å². The average Bonchev–Trinajstić information content (AvgIpc) is 2.77. The molecule has 0 atom stereocenters.